The molecule has 2 aromatic carbocycles. The van der Waals surface area contributed by atoms with Crippen LogP contribution in [-0.4, -0.2) is 49.7 Å². The van der Waals surface area contributed by atoms with Crippen LogP contribution in [0.5, 0.6) is 0 Å². The number of nitro groups is 1. The minimum Gasteiger partial charge on any atom is -0.379 e. The van der Waals surface area contributed by atoms with Crippen LogP contribution in [0.15, 0.2) is 56.9 Å². The lowest BCUT2D eigenvalue weighted by atomic mass is 10.1. The number of hydrogen-bond donors (Lipinski definition) is 1. The molecule has 1 saturated heterocycles. The van der Waals surface area contributed by atoms with Gasteiger partial charge in [0, 0.05) is 29.2 Å². The Bertz CT molecular complexity index is 1050. The van der Waals surface area contributed by atoms with Gasteiger partial charge in [0.05, 0.1) is 28.7 Å². The van der Waals surface area contributed by atoms with Crippen LogP contribution < -0.4 is 5.43 Å². The molecule has 9 nitrogen and oxygen atoms in total. The molecule has 0 radical (unpaired) electrons. The van der Waals surface area contributed by atoms with E-state index in [4.69, 9.17) is 4.74 Å². The molecule has 0 amide bonds. The Labute approximate surface area is 176 Å². The van der Waals surface area contributed by atoms with Crippen molar-refractivity contribution in [3.63, 3.8) is 0 Å². The summed E-state index contributed by atoms with van der Waals surface area (Å²) in [6, 6.07) is 11.2. The molecule has 0 aromatic heterocycles. The van der Waals surface area contributed by atoms with E-state index in [-0.39, 0.29) is 29.4 Å². The van der Waals surface area contributed by atoms with Gasteiger partial charge in [0.15, 0.2) is 0 Å². The van der Waals surface area contributed by atoms with Crippen LogP contribution in [0.3, 0.4) is 0 Å². The van der Waals surface area contributed by atoms with Crippen molar-refractivity contribution >= 4 is 43.0 Å². The lowest BCUT2D eigenvalue weighted by Gasteiger charge is -2.26. The van der Waals surface area contributed by atoms with E-state index in [1.807, 2.05) is 24.3 Å². The van der Waals surface area contributed by atoms with E-state index < -0.39 is 14.9 Å². The van der Waals surface area contributed by atoms with Gasteiger partial charge in [-0.2, -0.15) is 9.41 Å². The van der Waals surface area contributed by atoms with E-state index in [2.05, 4.69) is 26.5 Å². The molecule has 29 heavy (non-hydrogen) atoms. The van der Waals surface area contributed by atoms with Crippen molar-refractivity contribution in [3.8, 4) is 0 Å². The van der Waals surface area contributed by atoms with Gasteiger partial charge in [-0.1, -0.05) is 34.1 Å². The zero-order chi connectivity index (χ0) is 21.0. The fourth-order valence-electron chi connectivity index (χ4n) is 2.81. The predicted octanol–water partition coefficient (Wildman–Crippen LogP) is 3.21. The molecule has 0 saturated carbocycles. The summed E-state index contributed by atoms with van der Waals surface area (Å²) in [6.07, 6.45) is 0. The van der Waals surface area contributed by atoms with Gasteiger partial charge in [0.25, 0.3) is 5.69 Å². The third kappa shape index (κ3) is 4.81. The lowest BCUT2D eigenvalue weighted by Crippen LogP contribution is -2.40. The summed E-state index contributed by atoms with van der Waals surface area (Å²) >= 11 is 3.43. The largest absolute Gasteiger partial charge is 0.379 e. The van der Waals surface area contributed by atoms with Gasteiger partial charge in [0.2, 0.25) is 10.0 Å². The highest BCUT2D eigenvalue weighted by Crippen LogP contribution is 2.29. The van der Waals surface area contributed by atoms with Gasteiger partial charge in [-0.25, -0.2) is 8.42 Å². The highest BCUT2D eigenvalue weighted by Gasteiger charge is 2.28. The zero-order valence-corrected chi connectivity index (χ0v) is 17.9. The molecule has 1 N–H and O–H groups in total. The second kappa shape index (κ2) is 8.99. The van der Waals surface area contributed by atoms with Crippen molar-refractivity contribution in [1.29, 1.82) is 0 Å². The first-order valence-electron chi connectivity index (χ1n) is 8.72. The summed E-state index contributed by atoms with van der Waals surface area (Å²) in [6.45, 7) is 2.78. The Balaban J connectivity index is 1.90. The van der Waals surface area contributed by atoms with Crippen LogP contribution in [0, 0.1) is 10.1 Å². The van der Waals surface area contributed by atoms with Crippen molar-refractivity contribution in [2.45, 2.75) is 11.8 Å². The Hall–Kier alpha value is -2.34. The van der Waals surface area contributed by atoms with Crippen LogP contribution in [0.1, 0.15) is 12.5 Å². The third-order valence-electron chi connectivity index (χ3n) is 4.38. The van der Waals surface area contributed by atoms with Crippen LogP contribution in [0.4, 0.5) is 11.4 Å². The summed E-state index contributed by atoms with van der Waals surface area (Å²) in [5, 5.41) is 15.7. The Morgan fingerprint density at radius 3 is 2.59 bits per heavy atom. The molecule has 1 heterocycles. The maximum absolute atomic E-state index is 12.8. The van der Waals surface area contributed by atoms with Gasteiger partial charge < -0.3 is 4.74 Å². The molecule has 2 aromatic rings. The normalized spacial score (nSPS) is 15.9. The van der Waals surface area contributed by atoms with E-state index in [0.29, 0.717) is 18.9 Å². The second-order valence-corrected chi connectivity index (χ2v) is 9.03. The molecule has 0 unspecified atom stereocenters. The number of hydrogen-bond acceptors (Lipinski definition) is 7. The Morgan fingerprint density at radius 1 is 1.24 bits per heavy atom. The predicted molar refractivity (Wildman–Crippen MR) is 113 cm³/mol. The molecule has 0 bridgehead atoms. The summed E-state index contributed by atoms with van der Waals surface area (Å²) in [7, 11) is -3.84. The van der Waals surface area contributed by atoms with E-state index >= 15 is 0 Å². The van der Waals surface area contributed by atoms with Crippen molar-refractivity contribution in [2.24, 2.45) is 5.10 Å². The second-order valence-electron chi connectivity index (χ2n) is 6.24. The first-order chi connectivity index (χ1) is 13.8. The van der Waals surface area contributed by atoms with Crippen molar-refractivity contribution in [1.82, 2.24) is 4.31 Å². The molecule has 0 atom stereocenters. The standard InChI is InChI=1S/C18H19BrN4O5S/c1-13(15-4-2-3-5-16(15)19)20-21-17-7-6-14(12-18(17)23(24)25)29(26,27)22-8-10-28-11-9-22/h2-7,12,21H,8-11H2,1H3/b20-13-. The summed E-state index contributed by atoms with van der Waals surface area (Å²) in [5.74, 6) is 0. The Kier molecular flexibility index (Phi) is 6.63. The third-order valence-corrected chi connectivity index (χ3v) is 6.97. The first kappa shape index (κ1) is 21.4. The molecular formula is C18H19BrN4O5S. The van der Waals surface area contributed by atoms with Gasteiger partial charge in [0.1, 0.15) is 5.69 Å². The molecule has 3 rings (SSSR count). The maximum Gasteiger partial charge on any atom is 0.295 e. The summed E-state index contributed by atoms with van der Waals surface area (Å²) in [5.41, 5.74) is 3.84. The molecule has 0 spiro atoms. The van der Waals surface area contributed by atoms with Gasteiger partial charge in [-0.3, -0.25) is 15.5 Å². The monoisotopic (exact) mass is 482 g/mol. The number of hydrazone groups is 1. The van der Waals surface area contributed by atoms with Crippen LogP contribution in [0.25, 0.3) is 0 Å². The molecule has 1 fully saturated rings. The summed E-state index contributed by atoms with van der Waals surface area (Å²) in [4.78, 5) is 10.8. The minimum atomic E-state index is -3.84. The van der Waals surface area contributed by atoms with Gasteiger partial charge >= 0.3 is 0 Å². The number of halogens is 1. The quantitative estimate of drug-likeness (QED) is 0.384. The minimum absolute atomic E-state index is 0.0994. The van der Waals surface area contributed by atoms with E-state index in [1.165, 1.54) is 16.4 Å². The summed E-state index contributed by atoms with van der Waals surface area (Å²) < 4.78 is 32.8. The smallest absolute Gasteiger partial charge is 0.295 e. The lowest BCUT2D eigenvalue weighted by molar-refractivity contribution is -0.384. The number of nitrogens with one attached hydrogen (secondary N) is 1. The average Bonchev–Trinajstić information content (AvgIpc) is 2.72. The number of nitro benzene ring substituents is 1. The van der Waals surface area contributed by atoms with E-state index in [9.17, 15) is 18.5 Å². The first-order valence-corrected chi connectivity index (χ1v) is 11.0. The number of benzene rings is 2. The number of ether oxygens (including phenoxy) is 1. The van der Waals surface area contributed by atoms with Crippen molar-refractivity contribution in [3.05, 3.63) is 62.6 Å². The van der Waals surface area contributed by atoms with Crippen LogP contribution in [-0.2, 0) is 14.8 Å². The molecule has 1 aliphatic rings. The van der Waals surface area contributed by atoms with Gasteiger partial charge in [-0.05, 0) is 25.1 Å². The topological polar surface area (TPSA) is 114 Å². The number of morpholine rings is 1. The van der Waals surface area contributed by atoms with Gasteiger partial charge in [-0.15, -0.1) is 0 Å². The molecule has 11 heteroatoms. The fourth-order valence-corrected chi connectivity index (χ4v) is 4.81. The maximum atomic E-state index is 12.8. The van der Waals surface area contributed by atoms with Crippen LogP contribution in [0.2, 0.25) is 0 Å². The number of rotatable bonds is 6. The van der Waals surface area contributed by atoms with E-state index in [1.54, 1.807) is 6.92 Å². The highest BCUT2D eigenvalue weighted by molar-refractivity contribution is 9.10. The highest BCUT2D eigenvalue weighted by atomic mass is 79.9. The van der Waals surface area contributed by atoms with Crippen LogP contribution >= 0.6 is 15.9 Å². The molecule has 154 valence electrons. The van der Waals surface area contributed by atoms with E-state index in [0.717, 1.165) is 16.1 Å². The number of nitrogens with zero attached hydrogens (tertiary/aromatic N) is 3. The van der Waals surface area contributed by atoms with Crippen molar-refractivity contribution in [2.75, 3.05) is 31.7 Å². The Morgan fingerprint density at radius 2 is 1.93 bits per heavy atom. The van der Waals surface area contributed by atoms with Crippen molar-refractivity contribution < 1.29 is 18.1 Å². The average molecular weight is 483 g/mol. The molecular weight excluding hydrogens is 464 g/mol. The SMILES string of the molecule is C/C(=N/Nc1ccc(S(=O)(=O)N2CCOCC2)cc1[N+](=O)[O-])c1ccccc1Br. The molecule has 1 aliphatic heterocycles. The number of sulfonamides is 1. The molecule has 0 aliphatic carbocycles. The fraction of sp³-hybridized carbons (Fsp3) is 0.278. The number of anilines is 1. The zero-order valence-electron chi connectivity index (χ0n) is 15.5.